The highest BCUT2D eigenvalue weighted by Gasteiger charge is 2.17. The van der Waals surface area contributed by atoms with Crippen LogP contribution in [0.4, 0.5) is 5.13 Å². The quantitative estimate of drug-likeness (QED) is 0.869. The Morgan fingerprint density at radius 3 is 2.65 bits per heavy atom. The van der Waals surface area contributed by atoms with Gasteiger partial charge >= 0.3 is 0 Å². The summed E-state index contributed by atoms with van der Waals surface area (Å²) in [6, 6.07) is 7.57. The van der Waals surface area contributed by atoms with Crippen molar-refractivity contribution in [1.82, 2.24) is 4.98 Å². The minimum atomic E-state index is 0.00301. The average molecular weight is 290 g/mol. The van der Waals surface area contributed by atoms with E-state index in [0.717, 1.165) is 27.0 Å². The smallest absolute Gasteiger partial charge is 0.233 e. The maximum atomic E-state index is 12.3. The van der Waals surface area contributed by atoms with Crippen molar-refractivity contribution < 1.29 is 9.53 Å². The van der Waals surface area contributed by atoms with Gasteiger partial charge in [0, 0.05) is 17.5 Å². The fourth-order valence-electron chi connectivity index (χ4n) is 1.84. The van der Waals surface area contributed by atoms with Crippen molar-refractivity contribution in [3.63, 3.8) is 0 Å². The van der Waals surface area contributed by atoms with Gasteiger partial charge in [0.2, 0.25) is 5.91 Å². The molecule has 20 heavy (non-hydrogen) atoms. The second-order valence-electron chi connectivity index (χ2n) is 4.58. The summed E-state index contributed by atoms with van der Waals surface area (Å²) >= 11 is 1.53. The molecule has 0 saturated heterocycles. The lowest BCUT2D eigenvalue weighted by molar-refractivity contribution is -0.117. The summed E-state index contributed by atoms with van der Waals surface area (Å²) in [6.07, 6.45) is 0.304. The summed E-state index contributed by atoms with van der Waals surface area (Å²) in [7, 11) is 3.37. The highest BCUT2D eigenvalue weighted by Crippen LogP contribution is 2.25. The molecule has 0 bridgehead atoms. The van der Waals surface area contributed by atoms with Crippen LogP contribution in [-0.2, 0) is 11.2 Å². The van der Waals surface area contributed by atoms with Gasteiger partial charge in [-0.1, -0.05) is 18.2 Å². The number of amides is 1. The van der Waals surface area contributed by atoms with E-state index in [4.69, 9.17) is 4.74 Å². The summed E-state index contributed by atoms with van der Waals surface area (Å²) in [4.78, 5) is 19.5. The number of rotatable bonds is 4. The van der Waals surface area contributed by atoms with Crippen LogP contribution >= 0.6 is 11.3 Å². The number of carbonyl (C=O) groups is 1. The average Bonchev–Trinajstić information content (AvgIpc) is 2.78. The third kappa shape index (κ3) is 2.99. The van der Waals surface area contributed by atoms with Gasteiger partial charge in [-0.2, -0.15) is 0 Å². The second-order valence-corrected chi connectivity index (χ2v) is 5.76. The fourth-order valence-corrected chi connectivity index (χ4v) is 2.72. The first kappa shape index (κ1) is 14.5. The van der Waals surface area contributed by atoms with Crippen LogP contribution < -0.4 is 9.64 Å². The Hall–Kier alpha value is -1.88. The Kier molecular flexibility index (Phi) is 4.39. The number of thiazole rings is 1. The minimum Gasteiger partial charge on any atom is -0.496 e. The number of benzene rings is 1. The number of carbonyl (C=O) groups excluding carboxylic acids is 1. The van der Waals surface area contributed by atoms with E-state index in [-0.39, 0.29) is 5.91 Å². The zero-order valence-corrected chi connectivity index (χ0v) is 13.0. The van der Waals surface area contributed by atoms with Gasteiger partial charge in [0.15, 0.2) is 5.13 Å². The van der Waals surface area contributed by atoms with E-state index in [2.05, 4.69) is 4.98 Å². The van der Waals surface area contributed by atoms with E-state index in [9.17, 15) is 4.79 Å². The molecule has 0 aliphatic carbocycles. The van der Waals surface area contributed by atoms with Crippen molar-refractivity contribution in [3.05, 3.63) is 40.4 Å². The van der Waals surface area contributed by atoms with Crippen LogP contribution in [0, 0.1) is 13.8 Å². The molecule has 0 unspecified atom stereocenters. The predicted molar refractivity (Wildman–Crippen MR) is 81.7 cm³/mol. The zero-order valence-electron chi connectivity index (χ0n) is 12.1. The molecule has 0 saturated carbocycles. The van der Waals surface area contributed by atoms with Crippen LogP contribution in [0.15, 0.2) is 24.3 Å². The number of aryl methyl sites for hydroxylation is 2. The first-order chi connectivity index (χ1) is 9.52. The number of likely N-dealkylation sites (N-methyl/N-ethyl adjacent to an activating group) is 1. The topological polar surface area (TPSA) is 42.4 Å². The molecule has 1 aromatic heterocycles. The van der Waals surface area contributed by atoms with Crippen molar-refractivity contribution in [2.24, 2.45) is 0 Å². The van der Waals surface area contributed by atoms with Crippen LogP contribution in [0.25, 0.3) is 0 Å². The van der Waals surface area contributed by atoms with E-state index in [0.29, 0.717) is 6.42 Å². The van der Waals surface area contributed by atoms with Gasteiger partial charge in [-0.25, -0.2) is 4.98 Å². The molecule has 1 heterocycles. The van der Waals surface area contributed by atoms with Gasteiger partial charge in [0.05, 0.1) is 19.2 Å². The van der Waals surface area contributed by atoms with E-state index < -0.39 is 0 Å². The number of hydrogen-bond acceptors (Lipinski definition) is 4. The fraction of sp³-hybridized carbons (Fsp3) is 0.333. The molecule has 0 N–H and O–H groups in total. The number of nitrogens with zero attached hydrogens (tertiary/aromatic N) is 2. The van der Waals surface area contributed by atoms with Crippen LogP contribution in [0.5, 0.6) is 5.75 Å². The van der Waals surface area contributed by atoms with Crippen molar-refractivity contribution >= 4 is 22.4 Å². The third-order valence-corrected chi connectivity index (χ3v) is 4.36. The van der Waals surface area contributed by atoms with Crippen LogP contribution in [0.2, 0.25) is 0 Å². The number of hydrogen-bond donors (Lipinski definition) is 0. The van der Waals surface area contributed by atoms with Gasteiger partial charge in [-0.3, -0.25) is 9.69 Å². The molecule has 2 aromatic rings. The Bertz CT molecular complexity index is 603. The van der Waals surface area contributed by atoms with Crippen molar-refractivity contribution in [3.8, 4) is 5.75 Å². The standard InChI is InChI=1S/C15H18N2O2S/c1-10-11(2)20-15(16-10)17(3)14(18)9-12-7-5-6-8-13(12)19-4/h5-8H,9H2,1-4H3. The van der Waals surface area contributed by atoms with Crippen LogP contribution in [-0.4, -0.2) is 25.0 Å². The monoisotopic (exact) mass is 290 g/mol. The molecule has 106 valence electrons. The molecule has 1 aromatic carbocycles. The number of ether oxygens (including phenoxy) is 1. The highest BCUT2D eigenvalue weighted by atomic mass is 32.1. The maximum absolute atomic E-state index is 12.3. The SMILES string of the molecule is COc1ccccc1CC(=O)N(C)c1nc(C)c(C)s1. The first-order valence-corrected chi connectivity index (χ1v) is 7.17. The second kappa shape index (κ2) is 6.05. The van der Waals surface area contributed by atoms with Gasteiger partial charge in [-0.05, 0) is 19.9 Å². The van der Waals surface area contributed by atoms with Crippen LogP contribution in [0.1, 0.15) is 16.1 Å². The Morgan fingerprint density at radius 1 is 1.35 bits per heavy atom. The highest BCUT2D eigenvalue weighted by molar-refractivity contribution is 7.15. The molecule has 4 nitrogen and oxygen atoms in total. The zero-order chi connectivity index (χ0) is 14.7. The molecule has 0 fully saturated rings. The molecule has 2 rings (SSSR count). The minimum absolute atomic E-state index is 0.00301. The summed E-state index contributed by atoms with van der Waals surface area (Å²) in [5.74, 6) is 0.740. The number of para-hydroxylation sites is 1. The largest absolute Gasteiger partial charge is 0.496 e. The summed E-state index contributed by atoms with van der Waals surface area (Å²) in [5, 5.41) is 0.736. The van der Waals surface area contributed by atoms with E-state index >= 15 is 0 Å². The molecule has 0 spiro atoms. The maximum Gasteiger partial charge on any atom is 0.233 e. The lowest BCUT2D eigenvalue weighted by atomic mass is 10.1. The lowest BCUT2D eigenvalue weighted by Gasteiger charge is -2.15. The number of methoxy groups -OCH3 is 1. The first-order valence-electron chi connectivity index (χ1n) is 6.35. The lowest BCUT2D eigenvalue weighted by Crippen LogP contribution is -2.27. The van der Waals surface area contributed by atoms with Crippen molar-refractivity contribution in [1.29, 1.82) is 0 Å². The van der Waals surface area contributed by atoms with Crippen molar-refractivity contribution in [2.45, 2.75) is 20.3 Å². The van der Waals surface area contributed by atoms with Crippen LogP contribution in [0.3, 0.4) is 0 Å². The normalized spacial score (nSPS) is 10.4. The Morgan fingerprint density at radius 2 is 2.05 bits per heavy atom. The van der Waals surface area contributed by atoms with E-state index in [1.165, 1.54) is 11.3 Å². The molecular formula is C15H18N2O2S. The van der Waals surface area contributed by atoms with Gasteiger partial charge in [0.1, 0.15) is 5.75 Å². The van der Waals surface area contributed by atoms with E-state index in [1.807, 2.05) is 38.1 Å². The van der Waals surface area contributed by atoms with Gasteiger partial charge in [0.25, 0.3) is 0 Å². The molecule has 0 atom stereocenters. The summed E-state index contributed by atoms with van der Waals surface area (Å²) in [6.45, 7) is 3.96. The third-order valence-electron chi connectivity index (χ3n) is 3.21. The Balaban J connectivity index is 2.15. The molecular weight excluding hydrogens is 272 g/mol. The van der Waals surface area contributed by atoms with Crippen molar-refractivity contribution in [2.75, 3.05) is 19.1 Å². The predicted octanol–water partition coefficient (Wildman–Crippen LogP) is 2.97. The molecule has 1 amide bonds. The molecule has 0 aliphatic rings. The summed E-state index contributed by atoms with van der Waals surface area (Å²) < 4.78 is 5.27. The summed E-state index contributed by atoms with van der Waals surface area (Å²) in [5.41, 5.74) is 1.86. The Labute approximate surface area is 123 Å². The van der Waals surface area contributed by atoms with E-state index in [1.54, 1.807) is 19.1 Å². The molecule has 0 radical (unpaired) electrons. The van der Waals surface area contributed by atoms with Gasteiger partial charge in [-0.15, -0.1) is 11.3 Å². The number of anilines is 1. The van der Waals surface area contributed by atoms with Gasteiger partial charge < -0.3 is 4.74 Å². The molecule has 5 heteroatoms. The number of aromatic nitrogens is 1. The molecule has 0 aliphatic heterocycles.